The van der Waals surface area contributed by atoms with Gasteiger partial charge in [0.25, 0.3) is 11.5 Å². The summed E-state index contributed by atoms with van der Waals surface area (Å²) in [4.78, 5) is 32.0. The second-order valence-electron chi connectivity index (χ2n) is 6.46. The number of nitrogens with zero attached hydrogens (tertiary/aromatic N) is 1. The van der Waals surface area contributed by atoms with E-state index in [1.807, 2.05) is 48.5 Å². The molecular formula is C21H19N3O2. The van der Waals surface area contributed by atoms with Gasteiger partial charge in [-0.2, -0.15) is 0 Å². The van der Waals surface area contributed by atoms with Gasteiger partial charge in [-0.15, -0.1) is 0 Å². The highest BCUT2D eigenvalue weighted by molar-refractivity contribution is 5.94. The fourth-order valence-corrected chi connectivity index (χ4v) is 3.44. The Labute approximate surface area is 151 Å². The molecule has 5 heteroatoms. The van der Waals surface area contributed by atoms with Crippen LogP contribution in [0.15, 0.2) is 65.6 Å². The molecule has 0 saturated heterocycles. The maximum atomic E-state index is 12.6. The van der Waals surface area contributed by atoms with E-state index in [9.17, 15) is 9.59 Å². The first-order valence-corrected chi connectivity index (χ1v) is 8.76. The van der Waals surface area contributed by atoms with Crippen molar-refractivity contribution in [1.82, 2.24) is 15.3 Å². The van der Waals surface area contributed by atoms with E-state index < -0.39 is 5.56 Å². The molecule has 0 radical (unpaired) electrons. The van der Waals surface area contributed by atoms with Crippen LogP contribution in [0.1, 0.15) is 40.4 Å². The maximum Gasteiger partial charge on any atom is 0.264 e. The largest absolute Gasteiger partial charge is 0.345 e. The van der Waals surface area contributed by atoms with Gasteiger partial charge < -0.3 is 10.3 Å². The number of aromatic amines is 1. The summed E-state index contributed by atoms with van der Waals surface area (Å²) in [7, 11) is 0. The highest BCUT2D eigenvalue weighted by Gasteiger charge is 2.23. The van der Waals surface area contributed by atoms with Gasteiger partial charge in [-0.3, -0.25) is 9.59 Å². The van der Waals surface area contributed by atoms with Gasteiger partial charge in [-0.05, 0) is 30.4 Å². The Morgan fingerprint density at radius 1 is 1.08 bits per heavy atom. The molecule has 0 aliphatic heterocycles. The molecule has 0 fully saturated rings. The molecule has 1 amide bonds. The zero-order valence-corrected chi connectivity index (χ0v) is 14.2. The number of fused-ring (bicyclic) bond motifs is 1. The van der Waals surface area contributed by atoms with Crippen LogP contribution >= 0.6 is 0 Å². The number of carbonyl (C=O) groups excluding carboxylic acids is 1. The minimum Gasteiger partial charge on any atom is -0.345 e. The third kappa shape index (κ3) is 3.16. The normalized spacial score (nSPS) is 15.9. The molecule has 0 unspecified atom stereocenters. The zero-order valence-electron chi connectivity index (χ0n) is 14.2. The van der Waals surface area contributed by atoms with Crippen molar-refractivity contribution >= 4 is 5.91 Å². The topological polar surface area (TPSA) is 74.8 Å². The van der Waals surface area contributed by atoms with Crippen LogP contribution in [0, 0.1) is 0 Å². The second-order valence-corrected chi connectivity index (χ2v) is 6.46. The molecule has 2 N–H and O–H groups in total. The van der Waals surface area contributed by atoms with Gasteiger partial charge in [0.1, 0.15) is 11.4 Å². The van der Waals surface area contributed by atoms with E-state index in [1.165, 1.54) is 11.8 Å². The molecule has 0 bridgehead atoms. The van der Waals surface area contributed by atoms with Crippen LogP contribution in [-0.4, -0.2) is 15.9 Å². The second kappa shape index (κ2) is 6.96. The lowest BCUT2D eigenvalue weighted by Crippen LogP contribution is -2.34. The standard InChI is InChI=1S/C21H19N3O2/c25-20(23-18-12-6-10-14-7-4-5-11-16(14)18)17-13-22-19(24-21(17)26)15-8-2-1-3-9-15/h1-5,7-9,11,13,18H,6,10,12H2,(H,23,25)(H,22,24,26)/t18-/m0/s1. The highest BCUT2D eigenvalue weighted by atomic mass is 16.2. The summed E-state index contributed by atoms with van der Waals surface area (Å²) in [6.45, 7) is 0. The summed E-state index contributed by atoms with van der Waals surface area (Å²) in [5, 5.41) is 2.99. The van der Waals surface area contributed by atoms with Crippen molar-refractivity contribution in [2.24, 2.45) is 0 Å². The molecule has 1 heterocycles. The van der Waals surface area contributed by atoms with Gasteiger partial charge in [0.15, 0.2) is 0 Å². The molecule has 26 heavy (non-hydrogen) atoms. The van der Waals surface area contributed by atoms with Crippen LogP contribution in [0.5, 0.6) is 0 Å². The Morgan fingerprint density at radius 2 is 1.85 bits per heavy atom. The average Bonchev–Trinajstić information content (AvgIpc) is 2.69. The summed E-state index contributed by atoms with van der Waals surface area (Å²) < 4.78 is 0. The van der Waals surface area contributed by atoms with Crippen molar-refractivity contribution in [3.8, 4) is 11.4 Å². The molecule has 0 spiro atoms. The monoisotopic (exact) mass is 345 g/mol. The number of H-pyrrole nitrogens is 1. The van der Waals surface area contributed by atoms with E-state index in [2.05, 4.69) is 21.4 Å². The molecule has 130 valence electrons. The number of hydrogen-bond donors (Lipinski definition) is 2. The van der Waals surface area contributed by atoms with Crippen LogP contribution in [0.4, 0.5) is 0 Å². The Balaban J connectivity index is 1.57. The molecule has 2 aromatic carbocycles. The van der Waals surface area contributed by atoms with Gasteiger partial charge >= 0.3 is 0 Å². The Morgan fingerprint density at radius 3 is 2.65 bits per heavy atom. The van der Waals surface area contributed by atoms with Crippen molar-refractivity contribution < 1.29 is 4.79 Å². The number of aromatic nitrogens is 2. The lowest BCUT2D eigenvalue weighted by atomic mass is 9.87. The summed E-state index contributed by atoms with van der Waals surface area (Å²) in [6, 6.07) is 17.4. The van der Waals surface area contributed by atoms with Gasteiger partial charge in [-0.1, -0.05) is 54.6 Å². The summed E-state index contributed by atoms with van der Waals surface area (Å²) in [5.41, 5.74) is 2.80. The summed E-state index contributed by atoms with van der Waals surface area (Å²) >= 11 is 0. The smallest absolute Gasteiger partial charge is 0.264 e. The predicted octanol–water partition coefficient (Wildman–Crippen LogP) is 3.24. The quantitative estimate of drug-likeness (QED) is 0.765. The van der Waals surface area contributed by atoms with Gasteiger partial charge in [0, 0.05) is 11.8 Å². The van der Waals surface area contributed by atoms with Crippen molar-refractivity contribution in [3.05, 3.63) is 87.8 Å². The number of amides is 1. The molecule has 1 atom stereocenters. The average molecular weight is 345 g/mol. The van der Waals surface area contributed by atoms with Crippen LogP contribution in [0.2, 0.25) is 0 Å². The minimum atomic E-state index is -0.430. The van der Waals surface area contributed by atoms with Gasteiger partial charge in [-0.25, -0.2) is 4.98 Å². The molecule has 5 nitrogen and oxygen atoms in total. The first kappa shape index (κ1) is 16.3. The van der Waals surface area contributed by atoms with E-state index in [-0.39, 0.29) is 17.5 Å². The summed E-state index contributed by atoms with van der Waals surface area (Å²) in [6.07, 6.45) is 4.27. The Kier molecular flexibility index (Phi) is 4.35. The molecule has 3 aromatic rings. The third-order valence-corrected chi connectivity index (χ3v) is 4.77. The SMILES string of the molecule is O=C(N[C@H]1CCCc2ccccc21)c1cnc(-c2ccccc2)[nH]c1=O. The number of benzene rings is 2. The van der Waals surface area contributed by atoms with Crippen LogP contribution < -0.4 is 10.9 Å². The van der Waals surface area contributed by atoms with Gasteiger partial charge in [0.05, 0.1) is 6.04 Å². The molecule has 1 aromatic heterocycles. The van der Waals surface area contributed by atoms with E-state index in [0.717, 1.165) is 30.4 Å². The third-order valence-electron chi connectivity index (χ3n) is 4.77. The van der Waals surface area contributed by atoms with E-state index in [4.69, 9.17) is 0 Å². The van der Waals surface area contributed by atoms with Crippen molar-refractivity contribution in [1.29, 1.82) is 0 Å². The number of carbonyl (C=O) groups is 1. The lowest BCUT2D eigenvalue weighted by molar-refractivity contribution is 0.0931. The van der Waals surface area contributed by atoms with Gasteiger partial charge in [0.2, 0.25) is 0 Å². The first-order valence-electron chi connectivity index (χ1n) is 8.76. The van der Waals surface area contributed by atoms with Crippen LogP contribution in [-0.2, 0) is 6.42 Å². The van der Waals surface area contributed by atoms with Crippen molar-refractivity contribution in [3.63, 3.8) is 0 Å². The molecule has 0 saturated carbocycles. The molecule has 1 aliphatic carbocycles. The fourth-order valence-electron chi connectivity index (χ4n) is 3.44. The van der Waals surface area contributed by atoms with E-state index in [0.29, 0.717) is 5.82 Å². The number of aryl methyl sites for hydroxylation is 1. The molecule has 4 rings (SSSR count). The number of rotatable bonds is 3. The van der Waals surface area contributed by atoms with Crippen LogP contribution in [0.25, 0.3) is 11.4 Å². The van der Waals surface area contributed by atoms with Crippen molar-refractivity contribution in [2.75, 3.05) is 0 Å². The minimum absolute atomic E-state index is 0.0349. The van der Waals surface area contributed by atoms with E-state index in [1.54, 1.807) is 0 Å². The van der Waals surface area contributed by atoms with Crippen LogP contribution in [0.3, 0.4) is 0 Å². The predicted molar refractivity (Wildman–Crippen MR) is 99.9 cm³/mol. The Hall–Kier alpha value is -3.21. The van der Waals surface area contributed by atoms with Crippen molar-refractivity contribution in [2.45, 2.75) is 25.3 Å². The van der Waals surface area contributed by atoms with E-state index >= 15 is 0 Å². The maximum absolute atomic E-state index is 12.6. The zero-order chi connectivity index (χ0) is 17.9. The first-order chi connectivity index (χ1) is 12.7. The summed E-state index contributed by atoms with van der Waals surface area (Å²) in [5.74, 6) is 0.0650. The lowest BCUT2D eigenvalue weighted by Gasteiger charge is -2.26. The Bertz CT molecular complexity index is 995. The number of nitrogens with one attached hydrogen (secondary N) is 2. The highest BCUT2D eigenvalue weighted by Crippen LogP contribution is 2.29. The molecular weight excluding hydrogens is 326 g/mol. The molecule has 1 aliphatic rings. The fraction of sp³-hybridized carbons (Fsp3) is 0.190. The number of hydrogen-bond acceptors (Lipinski definition) is 3.